The lowest BCUT2D eigenvalue weighted by molar-refractivity contribution is -0.142. The van der Waals surface area contributed by atoms with Crippen molar-refractivity contribution in [2.75, 3.05) is 0 Å². The molecule has 6 nitrogen and oxygen atoms in total. The molecule has 7 heteroatoms. The van der Waals surface area contributed by atoms with Gasteiger partial charge in [-0.25, -0.2) is 4.79 Å². The van der Waals surface area contributed by atoms with Gasteiger partial charge in [-0.3, -0.25) is 4.79 Å². The number of carboxylic acids is 1. The zero-order valence-corrected chi connectivity index (χ0v) is 11.0. The molecule has 0 aliphatic heterocycles. The van der Waals surface area contributed by atoms with Crippen LogP contribution in [0.4, 0.5) is 0 Å². The van der Waals surface area contributed by atoms with Crippen molar-refractivity contribution in [2.24, 2.45) is 4.58 Å². The van der Waals surface area contributed by atoms with Gasteiger partial charge in [0, 0.05) is 23.0 Å². The van der Waals surface area contributed by atoms with Gasteiger partial charge in [-0.15, -0.1) is 4.91 Å². The second-order valence-electron chi connectivity index (χ2n) is 4.21. The van der Waals surface area contributed by atoms with Gasteiger partial charge in [0.15, 0.2) is 0 Å². The van der Waals surface area contributed by atoms with E-state index in [2.05, 4.69) is 9.90 Å². The predicted octanol–water partition coefficient (Wildman–Crippen LogP) is 1.94. The molecule has 0 aromatic rings. The summed E-state index contributed by atoms with van der Waals surface area (Å²) in [5, 5.41) is 11.5. The number of unbranched alkanes of at least 4 members (excludes halogenated alkanes) is 1. The van der Waals surface area contributed by atoms with E-state index in [0.29, 0.717) is 18.4 Å². The van der Waals surface area contributed by atoms with Crippen molar-refractivity contribution in [3.8, 4) is 0 Å². The molecule has 0 rings (SSSR count). The van der Waals surface area contributed by atoms with Crippen LogP contribution in [0.25, 0.3) is 0 Å². The van der Waals surface area contributed by atoms with Crippen molar-refractivity contribution in [1.29, 1.82) is 0 Å². The van der Waals surface area contributed by atoms with Gasteiger partial charge in [-0.05, 0) is 20.3 Å². The van der Waals surface area contributed by atoms with Gasteiger partial charge in [0.2, 0.25) is 5.91 Å². The number of carboxylic acid groups (broad SMARTS) is 1. The first-order chi connectivity index (χ1) is 7.85. The summed E-state index contributed by atoms with van der Waals surface area (Å²) in [6.07, 6.45) is 1.85. The Bertz CT molecular complexity index is 294. The van der Waals surface area contributed by atoms with Crippen molar-refractivity contribution in [3.05, 3.63) is 4.91 Å². The van der Waals surface area contributed by atoms with E-state index in [1.807, 2.05) is 6.92 Å². The molecule has 0 spiro atoms. The zero-order valence-electron chi connectivity index (χ0n) is 10.2. The minimum absolute atomic E-state index is 0.287. The number of nitrogens with one attached hydrogen (secondary N) is 1. The average molecular weight is 262 g/mol. The molecule has 0 bridgehead atoms. The van der Waals surface area contributed by atoms with Crippen LogP contribution in [0.1, 0.15) is 40.0 Å². The maximum absolute atomic E-state index is 11.5. The molecule has 1 unspecified atom stereocenters. The molecule has 0 aliphatic rings. The monoisotopic (exact) mass is 262 g/mol. The summed E-state index contributed by atoms with van der Waals surface area (Å²) >= 11 is 0.610. The second-order valence-corrected chi connectivity index (χ2v) is 5.60. The van der Waals surface area contributed by atoms with Crippen LogP contribution in [0.2, 0.25) is 0 Å². The van der Waals surface area contributed by atoms with Gasteiger partial charge >= 0.3 is 5.97 Å². The molecule has 17 heavy (non-hydrogen) atoms. The first-order valence-electron chi connectivity index (χ1n) is 5.38. The van der Waals surface area contributed by atoms with E-state index in [-0.39, 0.29) is 12.3 Å². The Morgan fingerprint density at radius 3 is 2.47 bits per heavy atom. The maximum Gasteiger partial charge on any atom is 0.327 e. The molecular formula is C10H18N2O4S. The Morgan fingerprint density at radius 2 is 2.06 bits per heavy atom. The SMILES string of the molecule is CCCCC(=O)NC(C(=O)O)C(C)(C)SN=O. The lowest BCUT2D eigenvalue weighted by Gasteiger charge is -2.28. The highest BCUT2D eigenvalue weighted by atomic mass is 32.2. The van der Waals surface area contributed by atoms with Crippen LogP contribution in [-0.4, -0.2) is 27.8 Å². The first-order valence-corrected chi connectivity index (χ1v) is 6.15. The van der Waals surface area contributed by atoms with Crippen LogP contribution in [0.5, 0.6) is 0 Å². The number of nitrogens with zero attached hydrogens (tertiary/aromatic N) is 1. The molecule has 0 aliphatic carbocycles. The molecule has 1 amide bonds. The minimum Gasteiger partial charge on any atom is -0.480 e. The van der Waals surface area contributed by atoms with Crippen LogP contribution in [0, 0.1) is 4.91 Å². The summed E-state index contributed by atoms with van der Waals surface area (Å²) in [5.41, 5.74) is 0. The van der Waals surface area contributed by atoms with E-state index in [9.17, 15) is 14.5 Å². The third-order valence-corrected chi connectivity index (χ3v) is 3.06. The van der Waals surface area contributed by atoms with Gasteiger partial charge < -0.3 is 10.4 Å². The number of nitroso groups, excluding NO2 is 1. The van der Waals surface area contributed by atoms with Gasteiger partial charge in [0.05, 0.1) is 4.75 Å². The van der Waals surface area contributed by atoms with Crippen molar-refractivity contribution >= 4 is 23.8 Å². The molecule has 98 valence electrons. The third-order valence-electron chi connectivity index (χ3n) is 2.28. The number of hydrogen-bond donors (Lipinski definition) is 2. The molecule has 0 fully saturated rings. The quantitative estimate of drug-likeness (QED) is 0.514. The predicted molar refractivity (Wildman–Crippen MR) is 66.6 cm³/mol. The van der Waals surface area contributed by atoms with Crippen molar-refractivity contribution in [1.82, 2.24) is 5.32 Å². The molecule has 0 heterocycles. The summed E-state index contributed by atoms with van der Waals surface area (Å²) in [7, 11) is 0. The van der Waals surface area contributed by atoms with E-state index in [1.165, 1.54) is 0 Å². The topological polar surface area (TPSA) is 95.8 Å². The maximum atomic E-state index is 11.5. The Hall–Kier alpha value is -1.11. The molecule has 2 N–H and O–H groups in total. The van der Waals surface area contributed by atoms with E-state index in [1.54, 1.807) is 13.8 Å². The normalized spacial score (nSPS) is 12.9. The van der Waals surface area contributed by atoms with Crippen LogP contribution < -0.4 is 5.32 Å². The number of carbonyl (C=O) groups is 2. The molecule has 0 radical (unpaired) electrons. The van der Waals surface area contributed by atoms with E-state index in [0.717, 1.165) is 6.42 Å². The third kappa shape index (κ3) is 5.67. The van der Waals surface area contributed by atoms with Crippen molar-refractivity contribution in [3.63, 3.8) is 0 Å². The second kappa shape index (κ2) is 7.26. The van der Waals surface area contributed by atoms with Crippen LogP contribution in [-0.2, 0) is 9.59 Å². The molecule has 0 aromatic carbocycles. The molecule has 0 aromatic heterocycles. The number of rotatable bonds is 8. The largest absolute Gasteiger partial charge is 0.480 e. The lowest BCUT2D eigenvalue weighted by atomic mass is 10.0. The van der Waals surface area contributed by atoms with Gasteiger partial charge in [-0.1, -0.05) is 13.3 Å². The fourth-order valence-corrected chi connectivity index (χ4v) is 1.71. The minimum atomic E-state index is -1.17. The van der Waals surface area contributed by atoms with E-state index < -0.39 is 16.8 Å². The Morgan fingerprint density at radius 1 is 1.47 bits per heavy atom. The van der Waals surface area contributed by atoms with E-state index in [4.69, 9.17) is 5.11 Å². The Labute approximate surface area is 105 Å². The zero-order chi connectivity index (χ0) is 13.5. The average Bonchev–Trinajstić information content (AvgIpc) is 2.22. The highest BCUT2D eigenvalue weighted by Crippen LogP contribution is 2.29. The highest BCUT2D eigenvalue weighted by Gasteiger charge is 2.38. The summed E-state index contributed by atoms with van der Waals surface area (Å²) < 4.78 is 1.66. The number of amides is 1. The van der Waals surface area contributed by atoms with Crippen molar-refractivity contribution < 1.29 is 14.7 Å². The summed E-state index contributed by atoms with van der Waals surface area (Å²) in [5.74, 6) is -1.49. The number of hydrogen-bond acceptors (Lipinski definition) is 5. The molecular weight excluding hydrogens is 244 g/mol. The van der Waals surface area contributed by atoms with Crippen molar-refractivity contribution in [2.45, 2.75) is 50.8 Å². The van der Waals surface area contributed by atoms with Crippen LogP contribution in [0.15, 0.2) is 4.58 Å². The summed E-state index contributed by atoms with van der Waals surface area (Å²) in [6, 6.07) is -1.13. The van der Waals surface area contributed by atoms with Gasteiger partial charge in [0.1, 0.15) is 6.04 Å². The molecule has 1 atom stereocenters. The Kier molecular flexibility index (Phi) is 6.79. The fraction of sp³-hybridized carbons (Fsp3) is 0.800. The smallest absolute Gasteiger partial charge is 0.327 e. The standard InChI is InChI=1S/C10H18N2O4S/c1-4-5-6-7(13)11-8(9(14)15)10(2,3)17-12-16/h8H,4-6H2,1-3H3,(H,11,13)(H,14,15). The van der Waals surface area contributed by atoms with Crippen LogP contribution in [0.3, 0.4) is 0 Å². The van der Waals surface area contributed by atoms with Gasteiger partial charge in [0.25, 0.3) is 0 Å². The fourth-order valence-electron chi connectivity index (χ4n) is 1.25. The summed E-state index contributed by atoms with van der Waals surface area (Å²) in [4.78, 5) is 32.7. The number of carbonyl (C=O) groups excluding carboxylic acids is 1. The Balaban J connectivity index is 4.59. The highest BCUT2D eigenvalue weighted by molar-refractivity contribution is 7.99. The lowest BCUT2D eigenvalue weighted by Crippen LogP contribution is -2.52. The van der Waals surface area contributed by atoms with Gasteiger partial charge in [-0.2, -0.15) is 0 Å². The first kappa shape index (κ1) is 15.9. The molecule has 0 saturated heterocycles. The number of aliphatic carboxylic acids is 1. The van der Waals surface area contributed by atoms with E-state index >= 15 is 0 Å². The summed E-state index contributed by atoms with van der Waals surface area (Å²) in [6.45, 7) is 5.05. The van der Waals surface area contributed by atoms with Crippen LogP contribution >= 0.6 is 11.9 Å². The molecule has 0 saturated carbocycles.